The van der Waals surface area contributed by atoms with Gasteiger partial charge in [0.25, 0.3) is 0 Å². The van der Waals surface area contributed by atoms with Gasteiger partial charge in [0.15, 0.2) is 5.78 Å². The third kappa shape index (κ3) is 2.15. The lowest BCUT2D eigenvalue weighted by Gasteiger charge is -2.32. The minimum atomic E-state index is -1.19. The molecule has 1 rings (SSSR count). The fourth-order valence-corrected chi connectivity index (χ4v) is 1.19. The predicted molar refractivity (Wildman–Crippen MR) is 46.0 cm³/mol. The van der Waals surface area contributed by atoms with Crippen molar-refractivity contribution >= 4 is 5.78 Å². The second kappa shape index (κ2) is 3.57. The van der Waals surface area contributed by atoms with Gasteiger partial charge in [-0.2, -0.15) is 4.89 Å². The minimum Gasteiger partial charge on any atom is -0.332 e. The molecule has 1 N–H and O–H groups in total. The van der Waals surface area contributed by atoms with Gasteiger partial charge in [0.2, 0.25) is 5.79 Å². The molecule has 0 saturated carbocycles. The summed E-state index contributed by atoms with van der Waals surface area (Å²) in [6, 6.07) is 0. The fourth-order valence-electron chi connectivity index (χ4n) is 1.19. The molecule has 4 heteroatoms. The number of hydrogen-bond donors (Lipinski definition) is 1. The Hall–Kier alpha value is -0.710. The molecule has 0 aromatic rings. The predicted octanol–water partition coefficient (Wildman–Crippen LogP) is 1.37. The zero-order valence-corrected chi connectivity index (χ0v) is 7.98. The molecule has 0 saturated heterocycles. The molecule has 0 amide bonds. The highest BCUT2D eigenvalue weighted by Crippen LogP contribution is 2.24. The van der Waals surface area contributed by atoms with E-state index in [0.29, 0.717) is 0 Å². The summed E-state index contributed by atoms with van der Waals surface area (Å²) in [6.45, 7) is 5.30. The summed E-state index contributed by atoms with van der Waals surface area (Å²) < 4.78 is 5.29. The lowest BCUT2D eigenvalue weighted by Crippen LogP contribution is -2.43. The van der Waals surface area contributed by atoms with E-state index in [-0.39, 0.29) is 11.7 Å². The van der Waals surface area contributed by atoms with Crippen LogP contribution in [0.1, 0.15) is 20.8 Å². The van der Waals surface area contributed by atoms with Crippen molar-refractivity contribution in [3.63, 3.8) is 0 Å². The molecule has 2 unspecified atom stereocenters. The van der Waals surface area contributed by atoms with Crippen LogP contribution in [0.4, 0.5) is 0 Å². The van der Waals surface area contributed by atoms with Crippen LogP contribution in [-0.4, -0.2) is 22.9 Å². The number of ether oxygens (including phenoxy) is 1. The van der Waals surface area contributed by atoms with Gasteiger partial charge < -0.3 is 4.74 Å². The number of carbonyl (C=O) groups excluding carboxylic acids is 1. The molecule has 1 aliphatic rings. The first-order chi connectivity index (χ1) is 5.98. The van der Waals surface area contributed by atoms with E-state index in [1.54, 1.807) is 6.92 Å². The molecular weight excluding hydrogens is 172 g/mol. The second-order valence-corrected chi connectivity index (χ2v) is 3.63. The smallest absolute Gasteiger partial charge is 0.218 e. The number of carbonyl (C=O) groups is 1. The molecule has 0 aromatic carbocycles. The summed E-state index contributed by atoms with van der Waals surface area (Å²) in [5, 5.41) is 8.55. The van der Waals surface area contributed by atoms with E-state index in [2.05, 4.69) is 4.89 Å². The van der Waals surface area contributed by atoms with Crippen LogP contribution in [-0.2, 0) is 14.4 Å². The molecule has 1 aliphatic heterocycles. The topological polar surface area (TPSA) is 55.8 Å². The average molecular weight is 186 g/mol. The molecule has 4 nitrogen and oxygen atoms in total. The van der Waals surface area contributed by atoms with Crippen molar-refractivity contribution in [2.45, 2.75) is 32.7 Å². The van der Waals surface area contributed by atoms with Crippen LogP contribution in [0.15, 0.2) is 12.2 Å². The van der Waals surface area contributed by atoms with Crippen LogP contribution in [0.3, 0.4) is 0 Å². The Morgan fingerprint density at radius 3 is 2.77 bits per heavy atom. The second-order valence-electron chi connectivity index (χ2n) is 3.63. The average Bonchev–Trinajstić information content (AvgIpc) is 2.09. The molecular formula is C9H14O4. The number of hydrogen-bond acceptors (Lipinski definition) is 4. The van der Waals surface area contributed by atoms with Crippen molar-refractivity contribution < 1.29 is 19.7 Å². The first-order valence-electron chi connectivity index (χ1n) is 4.22. The van der Waals surface area contributed by atoms with Gasteiger partial charge >= 0.3 is 0 Å². The Balaban J connectivity index is 2.82. The van der Waals surface area contributed by atoms with Crippen molar-refractivity contribution in [3.8, 4) is 0 Å². The Morgan fingerprint density at radius 1 is 1.69 bits per heavy atom. The van der Waals surface area contributed by atoms with E-state index in [0.717, 1.165) is 0 Å². The summed E-state index contributed by atoms with van der Waals surface area (Å²) in [5.41, 5.74) is 0. The lowest BCUT2D eigenvalue weighted by molar-refractivity contribution is -0.386. The van der Waals surface area contributed by atoms with Crippen molar-refractivity contribution in [1.29, 1.82) is 0 Å². The van der Waals surface area contributed by atoms with E-state index in [4.69, 9.17) is 9.99 Å². The zero-order valence-electron chi connectivity index (χ0n) is 7.98. The van der Waals surface area contributed by atoms with E-state index in [1.165, 1.54) is 12.2 Å². The monoisotopic (exact) mass is 186 g/mol. The molecule has 0 aliphatic carbocycles. The zero-order chi connectivity index (χ0) is 10.1. The fraction of sp³-hybridized carbons (Fsp3) is 0.667. The van der Waals surface area contributed by atoms with Crippen molar-refractivity contribution in [1.82, 2.24) is 0 Å². The molecule has 1 heterocycles. The molecule has 0 aromatic heterocycles. The van der Waals surface area contributed by atoms with Crippen LogP contribution in [0.2, 0.25) is 0 Å². The molecule has 0 spiro atoms. The largest absolute Gasteiger partial charge is 0.332 e. The van der Waals surface area contributed by atoms with Crippen LogP contribution in [0, 0.1) is 5.92 Å². The minimum absolute atomic E-state index is 0.0620. The summed E-state index contributed by atoms with van der Waals surface area (Å²) >= 11 is 0. The van der Waals surface area contributed by atoms with Crippen LogP contribution in [0.25, 0.3) is 0 Å². The van der Waals surface area contributed by atoms with Gasteiger partial charge in [0.1, 0.15) is 6.10 Å². The SMILES string of the molecule is CC(C)C1OC(C)(OO)C=CC1=O. The lowest BCUT2D eigenvalue weighted by atomic mass is 9.99. The maximum Gasteiger partial charge on any atom is 0.218 e. The van der Waals surface area contributed by atoms with Gasteiger partial charge in [0, 0.05) is 0 Å². The molecule has 74 valence electrons. The van der Waals surface area contributed by atoms with Crippen LogP contribution < -0.4 is 0 Å². The summed E-state index contributed by atoms with van der Waals surface area (Å²) in [4.78, 5) is 15.4. The third-order valence-electron chi connectivity index (χ3n) is 1.98. The van der Waals surface area contributed by atoms with E-state index in [1.807, 2.05) is 13.8 Å². The molecule has 0 bridgehead atoms. The Bertz CT molecular complexity index is 234. The van der Waals surface area contributed by atoms with Gasteiger partial charge in [-0.05, 0) is 25.0 Å². The molecule has 13 heavy (non-hydrogen) atoms. The quantitative estimate of drug-likeness (QED) is 0.522. The van der Waals surface area contributed by atoms with E-state index < -0.39 is 11.9 Å². The Morgan fingerprint density at radius 2 is 2.31 bits per heavy atom. The van der Waals surface area contributed by atoms with Gasteiger partial charge in [-0.1, -0.05) is 13.8 Å². The molecule has 0 fully saturated rings. The summed E-state index contributed by atoms with van der Waals surface area (Å²) in [6.07, 6.45) is 2.24. The summed E-state index contributed by atoms with van der Waals surface area (Å²) in [7, 11) is 0. The number of rotatable bonds is 2. The maximum atomic E-state index is 11.3. The highest BCUT2D eigenvalue weighted by molar-refractivity contribution is 5.94. The highest BCUT2D eigenvalue weighted by Gasteiger charge is 2.36. The maximum absolute atomic E-state index is 11.3. The molecule has 0 radical (unpaired) electrons. The van der Waals surface area contributed by atoms with Crippen LogP contribution in [0.5, 0.6) is 0 Å². The first-order valence-corrected chi connectivity index (χ1v) is 4.22. The van der Waals surface area contributed by atoms with Crippen LogP contribution >= 0.6 is 0 Å². The van der Waals surface area contributed by atoms with Crippen molar-refractivity contribution in [2.75, 3.05) is 0 Å². The Kier molecular flexibility index (Phi) is 2.85. The van der Waals surface area contributed by atoms with E-state index in [9.17, 15) is 4.79 Å². The van der Waals surface area contributed by atoms with Crippen molar-refractivity contribution in [3.05, 3.63) is 12.2 Å². The van der Waals surface area contributed by atoms with E-state index >= 15 is 0 Å². The summed E-state index contributed by atoms with van der Waals surface area (Å²) in [5.74, 6) is -1.22. The molecule has 2 atom stereocenters. The highest BCUT2D eigenvalue weighted by atomic mass is 17.1. The number of ketones is 1. The Labute approximate surface area is 77.1 Å². The first kappa shape index (κ1) is 10.4. The van der Waals surface area contributed by atoms with Gasteiger partial charge in [-0.15, -0.1) is 0 Å². The van der Waals surface area contributed by atoms with Gasteiger partial charge in [0.05, 0.1) is 0 Å². The van der Waals surface area contributed by atoms with Gasteiger partial charge in [-0.3, -0.25) is 4.79 Å². The van der Waals surface area contributed by atoms with Gasteiger partial charge in [-0.25, -0.2) is 5.26 Å². The van der Waals surface area contributed by atoms with Crippen molar-refractivity contribution in [2.24, 2.45) is 5.92 Å². The third-order valence-corrected chi connectivity index (χ3v) is 1.98. The normalized spacial score (nSPS) is 34.2. The standard InChI is InChI=1S/C9H14O4/c1-6(2)8-7(10)4-5-9(3,12-8)13-11/h4-6,8,11H,1-3H3.